The van der Waals surface area contributed by atoms with E-state index in [1.165, 1.54) is 17.6 Å². The summed E-state index contributed by atoms with van der Waals surface area (Å²) in [6.07, 6.45) is 6.42. The summed E-state index contributed by atoms with van der Waals surface area (Å²) in [5.41, 5.74) is 2.39. The molecule has 11 heteroatoms. The second-order valence-electron chi connectivity index (χ2n) is 8.65. The fraction of sp³-hybridized carbons (Fsp3) is 0.333. The summed E-state index contributed by atoms with van der Waals surface area (Å²) in [5.74, 6) is 1.11. The minimum absolute atomic E-state index is 0.0202. The largest absolute Gasteiger partial charge is 0.467 e. The van der Waals surface area contributed by atoms with Gasteiger partial charge in [0, 0.05) is 24.9 Å². The van der Waals surface area contributed by atoms with Gasteiger partial charge in [0.05, 0.1) is 28.0 Å². The second kappa shape index (κ2) is 9.67. The first kappa shape index (κ1) is 23.9. The first-order chi connectivity index (χ1) is 16.8. The molecule has 1 atom stereocenters. The third-order valence-corrected chi connectivity index (χ3v) is 8.37. The molecule has 0 bridgehead atoms. The lowest BCUT2D eigenvalue weighted by atomic mass is 9.92. The van der Waals surface area contributed by atoms with E-state index in [1.807, 2.05) is 12.1 Å². The van der Waals surface area contributed by atoms with Crippen LogP contribution in [-0.2, 0) is 9.84 Å². The van der Waals surface area contributed by atoms with Crippen LogP contribution in [-0.4, -0.2) is 53.8 Å². The van der Waals surface area contributed by atoms with E-state index in [4.69, 9.17) is 21.3 Å². The standard InChI is InChI=1S/C24H24ClN5O3S2/c1-15(16-9-11-30(12-10-16)23-26-13-18(25)14-27-23)33-24-29-21-8-7-20(28-22(21)34-24)17-3-5-19(6-4-17)35(2,31)32/h3-8,13-16H,9-12H2,1-2H3. The number of ether oxygens (including phenoxy) is 1. The number of benzene rings is 1. The lowest BCUT2D eigenvalue weighted by molar-refractivity contribution is 0.132. The Morgan fingerprint density at radius 2 is 1.74 bits per heavy atom. The highest BCUT2D eigenvalue weighted by atomic mass is 35.5. The molecule has 0 aliphatic carbocycles. The van der Waals surface area contributed by atoms with E-state index in [-0.39, 0.29) is 11.0 Å². The summed E-state index contributed by atoms with van der Waals surface area (Å²) in [6, 6.07) is 10.5. The maximum absolute atomic E-state index is 11.7. The fourth-order valence-electron chi connectivity index (χ4n) is 4.17. The van der Waals surface area contributed by atoms with Crippen molar-refractivity contribution < 1.29 is 13.2 Å². The quantitative estimate of drug-likeness (QED) is 0.348. The number of hydrogen-bond donors (Lipinski definition) is 0. The van der Waals surface area contributed by atoms with Gasteiger partial charge >= 0.3 is 0 Å². The van der Waals surface area contributed by atoms with Crippen molar-refractivity contribution in [2.45, 2.75) is 30.8 Å². The van der Waals surface area contributed by atoms with Crippen molar-refractivity contribution in [2.24, 2.45) is 5.92 Å². The number of rotatable bonds is 6. The third-order valence-electron chi connectivity index (χ3n) is 6.19. The summed E-state index contributed by atoms with van der Waals surface area (Å²) in [6.45, 7) is 3.82. The van der Waals surface area contributed by atoms with E-state index >= 15 is 0 Å². The lowest BCUT2D eigenvalue weighted by Gasteiger charge is -2.34. The highest BCUT2D eigenvalue weighted by Gasteiger charge is 2.27. The molecule has 35 heavy (non-hydrogen) atoms. The molecule has 1 saturated heterocycles. The van der Waals surface area contributed by atoms with E-state index in [0.717, 1.165) is 47.5 Å². The Morgan fingerprint density at radius 1 is 1.06 bits per heavy atom. The molecular formula is C24H24ClN5O3S2. The Balaban J connectivity index is 1.24. The molecule has 4 aromatic rings. The Hall–Kier alpha value is -2.82. The van der Waals surface area contributed by atoms with Gasteiger partial charge in [-0.25, -0.2) is 28.4 Å². The van der Waals surface area contributed by atoms with Crippen LogP contribution in [0.1, 0.15) is 19.8 Å². The van der Waals surface area contributed by atoms with E-state index in [1.54, 1.807) is 36.7 Å². The van der Waals surface area contributed by atoms with Crippen LogP contribution in [0.15, 0.2) is 53.7 Å². The minimum Gasteiger partial charge on any atom is -0.467 e. The molecule has 1 fully saturated rings. The van der Waals surface area contributed by atoms with Gasteiger partial charge in [0.1, 0.15) is 16.5 Å². The van der Waals surface area contributed by atoms with Crippen LogP contribution in [0.4, 0.5) is 5.95 Å². The number of piperidine rings is 1. The van der Waals surface area contributed by atoms with E-state index in [9.17, 15) is 8.42 Å². The second-order valence-corrected chi connectivity index (χ2v) is 12.0. The molecule has 0 saturated carbocycles. The van der Waals surface area contributed by atoms with Crippen LogP contribution < -0.4 is 9.64 Å². The first-order valence-electron chi connectivity index (χ1n) is 11.2. The van der Waals surface area contributed by atoms with Gasteiger partial charge in [-0.3, -0.25) is 0 Å². The van der Waals surface area contributed by atoms with Crippen molar-refractivity contribution in [3.63, 3.8) is 0 Å². The number of aromatic nitrogens is 4. The highest BCUT2D eigenvalue weighted by Crippen LogP contribution is 2.32. The van der Waals surface area contributed by atoms with E-state index in [2.05, 4.69) is 26.8 Å². The van der Waals surface area contributed by atoms with Crippen molar-refractivity contribution in [3.05, 3.63) is 53.8 Å². The van der Waals surface area contributed by atoms with Gasteiger partial charge in [-0.1, -0.05) is 35.1 Å². The third kappa shape index (κ3) is 5.39. The number of thiazole rings is 1. The molecule has 5 rings (SSSR count). The fourth-order valence-corrected chi connectivity index (χ4v) is 5.77. The van der Waals surface area contributed by atoms with E-state index < -0.39 is 9.84 Å². The average Bonchev–Trinajstić information content (AvgIpc) is 3.25. The highest BCUT2D eigenvalue weighted by molar-refractivity contribution is 7.90. The number of halogens is 1. The minimum atomic E-state index is -3.23. The molecule has 0 amide bonds. The molecular weight excluding hydrogens is 506 g/mol. The van der Waals surface area contributed by atoms with Gasteiger partial charge in [-0.05, 0) is 49.9 Å². The predicted molar refractivity (Wildman–Crippen MR) is 138 cm³/mol. The topological polar surface area (TPSA) is 98.2 Å². The smallest absolute Gasteiger partial charge is 0.276 e. The molecule has 1 aliphatic rings. The zero-order valence-corrected chi connectivity index (χ0v) is 21.6. The monoisotopic (exact) mass is 529 g/mol. The van der Waals surface area contributed by atoms with Crippen LogP contribution in [0.3, 0.4) is 0 Å². The number of sulfone groups is 1. The Morgan fingerprint density at radius 3 is 2.40 bits per heavy atom. The normalized spacial score (nSPS) is 15.9. The maximum atomic E-state index is 11.7. The van der Waals surface area contributed by atoms with Gasteiger partial charge in [0.25, 0.3) is 5.19 Å². The number of hydrogen-bond acceptors (Lipinski definition) is 9. The van der Waals surface area contributed by atoms with Gasteiger partial charge in [0.2, 0.25) is 5.95 Å². The zero-order chi connectivity index (χ0) is 24.6. The van der Waals surface area contributed by atoms with Crippen molar-refractivity contribution in [3.8, 4) is 16.5 Å². The summed E-state index contributed by atoms with van der Waals surface area (Å²) < 4.78 is 29.6. The van der Waals surface area contributed by atoms with Crippen LogP contribution in [0.25, 0.3) is 21.6 Å². The Kier molecular flexibility index (Phi) is 6.61. The average molecular weight is 530 g/mol. The summed E-state index contributed by atoms with van der Waals surface area (Å²) >= 11 is 7.31. The van der Waals surface area contributed by atoms with Gasteiger partial charge in [-0.15, -0.1) is 0 Å². The van der Waals surface area contributed by atoms with Crippen molar-refractivity contribution >= 4 is 49.1 Å². The molecule has 1 aromatic carbocycles. The van der Waals surface area contributed by atoms with Crippen molar-refractivity contribution in [2.75, 3.05) is 24.2 Å². The number of fused-ring (bicyclic) bond motifs is 1. The SMILES string of the molecule is CC(Oc1nc2ccc(-c3ccc(S(C)(=O)=O)cc3)nc2s1)C1CCN(c2ncc(Cl)cn2)CC1. The summed E-state index contributed by atoms with van der Waals surface area (Å²) in [5, 5.41) is 1.14. The van der Waals surface area contributed by atoms with Gasteiger partial charge < -0.3 is 9.64 Å². The van der Waals surface area contributed by atoms with Gasteiger partial charge in [-0.2, -0.15) is 0 Å². The molecule has 0 spiro atoms. The Labute approximate surface area is 212 Å². The number of nitrogens with zero attached hydrogens (tertiary/aromatic N) is 5. The van der Waals surface area contributed by atoms with Crippen LogP contribution in [0.2, 0.25) is 5.02 Å². The zero-order valence-electron chi connectivity index (χ0n) is 19.3. The van der Waals surface area contributed by atoms with E-state index in [0.29, 0.717) is 22.1 Å². The lowest BCUT2D eigenvalue weighted by Crippen LogP contribution is -2.39. The van der Waals surface area contributed by atoms with Crippen molar-refractivity contribution in [1.82, 2.24) is 19.9 Å². The molecule has 0 radical (unpaired) electrons. The van der Waals surface area contributed by atoms with Crippen LogP contribution >= 0.6 is 22.9 Å². The predicted octanol–water partition coefficient (Wildman–Crippen LogP) is 4.89. The Bertz CT molecular complexity index is 1430. The molecule has 4 heterocycles. The molecule has 3 aromatic heterocycles. The summed E-state index contributed by atoms with van der Waals surface area (Å²) in [4.78, 5) is 21.2. The first-order valence-corrected chi connectivity index (χ1v) is 14.3. The summed E-state index contributed by atoms with van der Waals surface area (Å²) in [7, 11) is -3.23. The van der Waals surface area contributed by atoms with Crippen LogP contribution in [0.5, 0.6) is 5.19 Å². The van der Waals surface area contributed by atoms with Gasteiger partial charge in [0.15, 0.2) is 9.84 Å². The number of pyridine rings is 1. The van der Waals surface area contributed by atoms with Crippen LogP contribution in [0, 0.1) is 5.92 Å². The number of anilines is 1. The molecule has 182 valence electrons. The van der Waals surface area contributed by atoms with Crippen molar-refractivity contribution in [1.29, 1.82) is 0 Å². The molecule has 1 aliphatic heterocycles. The molecule has 8 nitrogen and oxygen atoms in total. The molecule has 1 unspecified atom stereocenters. The molecule has 0 N–H and O–H groups in total. The maximum Gasteiger partial charge on any atom is 0.276 e.